The molecule has 132 valence electrons. The summed E-state index contributed by atoms with van der Waals surface area (Å²) in [7, 11) is 0. The summed E-state index contributed by atoms with van der Waals surface area (Å²) in [5.74, 6) is -0.0338. The molecule has 2 heterocycles. The van der Waals surface area contributed by atoms with Crippen molar-refractivity contribution < 1.29 is 23.0 Å². The quantitative estimate of drug-likeness (QED) is 0.828. The maximum absolute atomic E-state index is 13.2. The minimum absolute atomic E-state index is 0.0338. The van der Waals surface area contributed by atoms with Crippen molar-refractivity contribution in [3.63, 3.8) is 0 Å². The van der Waals surface area contributed by atoms with E-state index in [0.29, 0.717) is 44.0 Å². The van der Waals surface area contributed by atoms with Crippen molar-refractivity contribution >= 4 is 17.5 Å². The molecule has 24 heavy (non-hydrogen) atoms. The molecular formula is C17H20ClF2NO3. The molecule has 4 nitrogen and oxygen atoms in total. The van der Waals surface area contributed by atoms with Crippen LogP contribution in [0.1, 0.15) is 24.8 Å². The van der Waals surface area contributed by atoms with Crippen molar-refractivity contribution in [3.8, 4) is 0 Å². The highest BCUT2D eigenvalue weighted by Gasteiger charge is 2.45. The van der Waals surface area contributed by atoms with E-state index in [2.05, 4.69) is 4.74 Å². The van der Waals surface area contributed by atoms with Gasteiger partial charge in [0.2, 0.25) is 5.91 Å². The molecule has 0 saturated carbocycles. The summed E-state index contributed by atoms with van der Waals surface area (Å²) >= 11 is 5.96. The number of halogens is 3. The molecule has 1 amide bonds. The second-order valence-corrected chi connectivity index (χ2v) is 6.70. The van der Waals surface area contributed by atoms with E-state index < -0.39 is 18.1 Å². The van der Waals surface area contributed by atoms with Gasteiger partial charge in [-0.05, 0) is 37.0 Å². The number of carbonyl (C=O) groups excluding carboxylic acids is 1. The van der Waals surface area contributed by atoms with Gasteiger partial charge >= 0.3 is 6.61 Å². The fourth-order valence-corrected chi connectivity index (χ4v) is 3.71. The zero-order valence-corrected chi connectivity index (χ0v) is 14.0. The molecule has 2 saturated heterocycles. The summed E-state index contributed by atoms with van der Waals surface area (Å²) in [6.45, 7) is -1.16. The third kappa shape index (κ3) is 3.55. The topological polar surface area (TPSA) is 38.8 Å². The van der Waals surface area contributed by atoms with Crippen molar-refractivity contribution in [1.29, 1.82) is 0 Å². The predicted molar refractivity (Wildman–Crippen MR) is 85.3 cm³/mol. The van der Waals surface area contributed by atoms with Crippen LogP contribution in [0.4, 0.5) is 8.78 Å². The van der Waals surface area contributed by atoms with E-state index in [1.165, 1.54) is 0 Å². The average molecular weight is 360 g/mol. The van der Waals surface area contributed by atoms with Crippen LogP contribution in [0.3, 0.4) is 0 Å². The van der Waals surface area contributed by atoms with Crippen LogP contribution in [0.2, 0.25) is 5.02 Å². The maximum Gasteiger partial charge on any atom is 0.345 e. The number of hydrogen-bond donors (Lipinski definition) is 0. The van der Waals surface area contributed by atoms with Gasteiger partial charge in [-0.1, -0.05) is 23.7 Å². The van der Waals surface area contributed by atoms with Gasteiger partial charge in [0.15, 0.2) is 0 Å². The van der Waals surface area contributed by atoms with Crippen LogP contribution in [0.25, 0.3) is 0 Å². The molecule has 1 atom stereocenters. The zero-order chi connectivity index (χ0) is 17.2. The zero-order valence-electron chi connectivity index (χ0n) is 13.2. The van der Waals surface area contributed by atoms with Gasteiger partial charge < -0.3 is 14.4 Å². The Morgan fingerprint density at radius 1 is 1.29 bits per heavy atom. The van der Waals surface area contributed by atoms with E-state index >= 15 is 0 Å². The maximum atomic E-state index is 13.2. The summed E-state index contributed by atoms with van der Waals surface area (Å²) < 4.78 is 34.8. The molecular weight excluding hydrogens is 340 g/mol. The number of rotatable bonds is 4. The number of ether oxygens (including phenoxy) is 2. The van der Waals surface area contributed by atoms with E-state index in [1.807, 2.05) is 12.1 Å². The first-order valence-corrected chi connectivity index (χ1v) is 8.46. The summed E-state index contributed by atoms with van der Waals surface area (Å²) in [6.07, 6.45) is 0.980. The molecule has 0 N–H and O–H groups in total. The lowest BCUT2D eigenvalue weighted by Gasteiger charge is -2.39. The first kappa shape index (κ1) is 17.6. The van der Waals surface area contributed by atoms with Crippen LogP contribution >= 0.6 is 11.6 Å². The van der Waals surface area contributed by atoms with Crippen molar-refractivity contribution in [2.24, 2.45) is 0 Å². The van der Waals surface area contributed by atoms with Gasteiger partial charge in [-0.2, -0.15) is 8.78 Å². The lowest BCUT2D eigenvalue weighted by Crippen LogP contribution is -2.49. The Bertz CT molecular complexity index is 576. The molecule has 0 bridgehead atoms. The van der Waals surface area contributed by atoms with Gasteiger partial charge in [0.05, 0.1) is 11.5 Å². The number of alkyl halides is 2. The van der Waals surface area contributed by atoms with E-state index in [4.69, 9.17) is 16.3 Å². The van der Waals surface area contributed by atoms with Crippen molar-refractivity contribution in [2.75, 3.05) is 26.3 Å². The fourth-order valence-electron chi connectivity index (χ4n) is 3.59. The molecule has 1 aromatic carbocycles. The smallest absolute Gasteiger partial charge is 0.345 e. The summed E-state index contributed by atoms with van der Waals surface area (Å²) in [5.41, 5.74) is 0.223. The van der Waals surface area contributed by atoms with Crippen molar-refractivity contribution in [1.82, 2.24) is 4.90 Å². The fraction of sp³-hybridized carbons (Fsp3) is 0.588. The second-order valence-electron chi connectivity index (χ2n) is 6.26. The number of benzene rings is 1. The van der Waals surface area contributed by atoms with Gasteiger partial charge in [-0.25, -0.2) is 0 Å². The minimum atomic E-state index is -2.81. The first-order chi connectivity index (χ1) is 11.5. The Morgan fingerprint density at radius 3 is 2.58 bits per heavy atom. The first-order valence-electron chi connectivity index (χ1n) is 8.08. The van der Waals surface area contributed by atoms with Crippen LogP contribution in [0.15, 0.2) is 24.3 Å². The molecule has 3 rings (SSSR count). The monoisotopic (exact) mass is 359 g/mol. The Morgan fingerprint density at radius 2 is 1.96 bits per heavy atom. The molecule has 0 aliphatic carbocycles. The largest absolute Gasteiger partial charge is 0.381 e. The SMILES string of the molecule is O=C(N1CC[C@H](OC(F)F)C1)C1(c2ccc(Cl)cc2)CCOCC1. The Hall–Kier alpha value is -1.24. The van der Waals surface area contributed by atoms with Gasteiger partial charge in [0.1, 0.15) is 0 Å². The predicted octanol–water partition coefficient (Wildman–Crippen LogP) is 3.23. The second kappa shape index (κ2) is 7.33. The van der Waals surface area contributed by atoms with Crippen LogP contribution in [-0.2, 0) is 19.7 Å². The van der Waals surface area contributed by atoms with Crippen LogP contribution < -0.4 is 0 Å². The molecule has 1 aromatic rings. The number of amides is 1. The van der Waals surface area contributed by atoms with Crippen molar-refractivity contribution in [2.45, 2.75) is 37.4 Å². The molecule has 2 aliphatic heterocycles. The summed E-state index contributed by atoms with van der Waals surface area (Å²) in [6, 6.07) is 7.28. The van der Waals surface area contributed by atoms with Gasteiger partial charge in [0.25, 0.3) is 0 Å². The lowest BCUT2D eigenvalue weighted by atomic mass is 9.73. The third-order valence-electron chi connectivity index (χ3n) is 4.88. The molecule has 0 aromatic heterocycles. The molecule has 7 heteroatoms. The van der Waals surface area contributed by atoms with E-state index in [-0.39, 0.29) is 12.5 Å². The molecule has 2 fully saturated rings. The van der Waals surface area contributed by atoms with Crippen molar-refractivity contribution in [3.05, 3.63) is 34.9 Å². The van der Waals surface area contributed by atoms with Crippen LogP contribution in [-0.4, -0.2) is 49.8 Å². The number of likely N-dealkylation sites (tertiary alicyclic amines) is 1. The molecule has 2 aliphatic rings. The lowest BCUT2D eigenvalue weighted by molar-refractivity contribution is -0.161. The molecule has 0 unspecified atom stereocenters. The standard InChI is InChI=1S/C17H20ClF2NO3/c18-13-3-1-12(2-4-13)17(6-9-23-10-7-17)15(22)21-8-5-14(11-21)24-16(19)20/h1-4,14,16H,5-11H2/t14-/m0/s1. The van der Waals surface area contributed by atoms with E-state index in [1.54, 1.807) is 17.0 Å². The van der Waals surface area contributed by atoms with E-state index in [0.717, 1.165) is 5.56 Å². The van der Waals surface area contributed by atoms with Crippen LogP contribution in [0.5, 0.6) is 0 Å². The third-order valence-corrected chi connectivity index (χ3v) is 5.13. The Kier molecular flexibility index (Phi) is 5.37. The highest BCUT2D eigenvalue weighted by molar-refractivity contribution is 6.30. The van der Waals surface area contributed by atoms with Crippen LogP contribution in [0, 0.1) is 0 Å². The molecule has 0 spiro atoms. The average Bonchev–Trinajstić information content (AvgIpc) is 3.03. The normalized spacial score (nSPS) is 23.7. The highest BCUT2D eigenvalue weighted by Crippen LogP contribution is 2.38. The van der Waals surface area contributed by atoms with Gasteiger partial charge in [-0.3, -0.25) is 4.79 Å². The number of hydrogen-bond acceptors (Lipinski definition) is 3. The van der Waals surface area contributed by atoms with Gasteiger partial charge in [0, 0.05) is 31.3 Å². The van der Waals surface area contributed by atoms with Gasteiger partial charge in [-0.15, -0.1) is 0 Å². The minimum Gasteiger partial charge on any atom is -0.381 e. The summed E-state index contributed by atoms with van der Waals surface area (Å²) in [5, 5.41) is 0.611. The summed E-state index contributed by atoms with van der Waals surface area (Å²) in [4.78, 5) is 14.9. The Balaban J connectivity index is 1.81. The van der Waals surface area contributed by atoms with E-state index in [9.17, 15) is 13.6 Å². The Labute approximate surface area is 144 Å². The highest BCUT2D eigenvalue weighted by atomic mass is 35.5. The molecule has 0 radical (unpaired) electrons. The number of nitrogens with zero attached hydrogens (tertiary/aromatic N) is 1. The number of carbonyl (C=O) groups is 1.